The van der Waals surface area contributed by atoms with Gasteiger partial charge in [-0.3, -0.25) is 4.79 Å². The number of carbonyl (C=O) groups excluding carboxylic acids is 2. The number of ether oxygens (including phenoxy) is 1. The van der Waals surface area contributed by atoms with E-state index < -0.39 is 11.5 Å². The van der Waals surface area contributed by atoms with Crippen LogP contribution in [0.2, 0.25) is 0 Å². The largest absolute Gasteiger partial charge is 0.446 e. The van der Waals surface area contributed by atoms with Gasteiger partial charge < -0.3 is 10.5 Å². The van der Waals surface area contributed by atoms with Gasteiger partial charge in [0, 0.05) is 23.2 Å². The number of nitrogens with two attached hydrogens (primary N) is 1. The third kappa shape index (κ3) is 2.39. The molecule has 4 nitrogen and oxygen atoms in total. The molecule has 0 saturated heterocycles. The van der Waals surface area contributed by atoms with Crippen molar-refractivity contribution in [1.29, 1.82) is 0 Å². The lowest BCUT2D eigenvalue weighted by Gasteiger charge is -2.61. The van der Waals surface area contributed by atoms with E-state index in [9.17, 15) is 9.59 Å². The van der Waals surface area contributed by atoms with Crippen LogP contribution in [-0.2, 0) is 9.53 Å². The summed E-state index contributed by atoms with van der Waals surface area (Å²) < 4.78 is 5.71. The summed E-state index contributed by atoms with van der Waals surface area (Å²) >= 11 is 0. The predicted octanol–water partition coefficient (Wildman–Crippen LogP) is 4.47. The Labute approximate surface area is 151 Å². The summed E-state index contributed by atoms with van der Waals surface area (Å²) in [5, 5.41) is 0. The van der Waals surface area contributed by atoms with Crippen LogP contribution in [0.4, 0.5) is 4.79 Å². The molecule has 2 bridgehead atoms. The Hall–Kier alpha value is -1.32. The van der Waals surface area contributed by atoms with Crippen molar-refractivity contribution in [1.82, 2.24) is 0 Å². The van der Waals surface area contributed by atoms with Crippen LogP contribution in [0.25, 0.3) is 0 Å². The second-order valence-electron chi connectivity index (χ2n) is 9.32. The Morgan fingerprint density at radius 3 is 2.56 bits per heavy atom. The molecule has 2 N–H and O–H groups in total. The van der Waals surface area contributed by atoms with Gasteiger partial charge in [0.15, 0.2) is 0 Å². The van der Waals surface area contributed by atoms with E-state index in [2.05, 4.69) is 27.4 Å². The van der Waals surface area contributed by atoms with Crippen LogP contribution in [-0.4, -0.2) is 18.0 Å². The quantitative estimate of drug-likeness (QED) is 0.749. The van der Waals surface area contributed by atoms with Gasteiger partial charge in [0.25, 0.3) is 0 Å². The zero-order valence-corrected chi connectivity index (χ0v) is 16.1. The summed E-state index contributed by atoms with van der Waals surface area (Å²) in [6, 6.07) is 0. The van der Waals surface area contributed by atoms with Crippen LogP contribution in [0.5, 0.6) is 0 Å². The first-order valence-electron chi connectivity index (χ1n) is 9.76. The summed E-state index contributed by atoms with van der Waals surface area (Å²) in [6.07, 6.45) is 6.70. The van der Waals surface area contributed by atoms with Crippen LogP contribution in [0, 0.1) is 34.0 Å². The minimum absolute atomic E-state index is 0.0179. The number of hydrogen-bond acceptors (Lipinski definition) is 3. The van der Waals surface area contributed by atoms with Crippen molar-refractivity contribution < 1.29 is 14.3 Å². The summed E-state index contributed by atoms with van der Waals surface area (Å²) in [5.74, 6) is 1.11. The molecule has 7 atom stereocenters. The van der Waals surface area contributed by atoms with Crippen molar-refractivity contribution in [2.75, 3.05) is 0 Å². The van der Waals surface area contributed by atoms with Crippen molar-refractivity contribution in [2.45, 2.75) is 72.3 Å². The van der Waals surface area contributed by atoms with Gasteiger partial charge in [0.05, 0.1) is 0 Å². The van der Waals surface area contributed by atoms with Crippen LogP contribution in [0.3, 0.4) is 0 Å². The van der Waals surface area contributed by atoms with Gasteiger partial charge in [0.2, 0.25) is 0 Å². The van der Waals surface area contributed by atoms with Crippen LogP contribution in [0.15, 0.2) is 12.7 Å². The zero-order valence-electron chi connectivity index (χ0n) is 16.1. The lowest BCUT2D eigenvalue weighted by Crippen LogP contribution is -2.61. The van der Waals surface area contributed by atoms with Crippen molar-refractivity contribution in [3.63, 3.8) is 0 Å². The van der Waals surface area contributed by atoms with E-state index in [0.717, 1.165) is 32.1 Å². The molecule has 0 spiro atoms. The van der Waals surface area contributed by atoms with Crippen molar-refractivity contribution >= 4 is 11.9 Å². The SMILES string of the molecule is C=C[C@]1(C)C[C@@H](OC(N)=O)[C@]2(C)C(C)CC[C@]3(CCCC32)[C@@H](C)C1=O. The zero-order chi connectivity index (χ0) is 18.6. The van der Waals surface area contributed by atoms with E-state index in [0.29, 0.717) is 18.3 Å². The van der Waals surface area contributed by atoms with E-state index in [4.69, 9.17) is 10.5 Å². The molecule has 25 heavy (non-hydrogen) atoms. The van der Waals surface area contributed by atoms with Gasteiger partial charge in [-0.05, 0) is 49.9 Å². The number of ketones is 1. The summed E-state index contributed by atoms with van der Waals surface area (Å²) in [4.78, 5) is 25.2. The molecule has 0 heterocycles. The maximum Gasteiger partial charge on any atom is 0.404 e. The molecule has 3 fully saturated rings. The standard InChI is InChI=1S/C21H33NO3/c1-6-19(4)12-16(25-18(22)24)20(5)13(2)9-11-21(14(3)17(19)23)10-7-8-15(20)21/h6,13-16H,1,7-12H2,2-5H3,(H2,22,24)/t13?,14-,15?,16+,19+,20+,21+/m0/s1. The lowest BCUT2D eigenvalue weighted by molar-refractivity contribution is -0.171. The van der Waals surface area contributed by atoms with E-state index >= 15 is 0 Å². The molecule has 1 amide bonds. The molecule has 0 aromatic carbocycles. The number of Topliss-reactive ketones (excluding diaryl/α,β-unsaturated/α-hetero) is 1. The number of primary amides is 1. The highest BCUT2D eigenvalue weighted by Gasteiger charge is 2.65. The Kier molecular flexibility index (Phi) is 4.32. The second kappa shape index (κ2) is 5.85. The normalized spacial score (nSPS) is 49.7. The monoisotopic (exact) mass is 347 g/mol. The van der Waals surface area contributed by atoms with Crippen LogP contribution in [0.1, 0.15) is 66.2 Å². The van der Waals surface area contributed by atoms with Crippen LogP contribution >= 0.6 is 0 Å². The Morgan fingerprint density at radius 2 is 1.96 bits per heavy atom. The number of rotatable bonds is 2. The van der Waals surface area contributed by atoms with Gasteiger partial charge in [-0.15, -0.1) is 6.58 Å². The Morgan fingerprint density at radius 1 is 1.28 bits per heavy atom. The third-order valence-electron chi connectivity index (χ3n) is 8.52. The molecule has 0 aliphatic heterocycles. The average molecular weight is 347 g/mol. The molecular weight excluding hydrogens is 314 g/mol. The highest BCUT2D eigenvalue weighted by Crippen LogP contribution is 2.68. The van der Waals surface area contributed by atoms with E-state index in [1.54, 1.807) is 6.08 Å². The fourth-order valence-corrected chi connectivity index (χ4v) is 6.70. The molecule has 0 aromatic rings. The minimum atomic E-state index is -0.736. The van der Waals surface area contributed by atoms with E-state index in [-0.39, 0.29) is 28.6 Å². The van der Waals surface area contributed by atoms with Crippen LogP contribution < -0.4 is 5.73 Å². The average Bonchev–Trinajstić information content (AvgIpc) is 3.01. The number of allylic oxidation sites excluding steroid dienone is 1. The predicted molar refractivity (Wildman–Crippen MR) is 97.8 cm³/mol. The Bertz CT molecular complexity index is 602. The summed E-state index contributed by atoms with van der Waals surface area (Å²) in [6.45, 7) is 12.6. The summed E-state index contributed by atoms with van der Waals surface area (Å²) in [5.41, 5.74) is 4.64. The lowest BCUT2D eigenvalue weighted by atomic mass is 9.44. The van der Waals surface area contributed by atoms with Gasteiger partial charge in [-0.2, -0.15) is 0 Å². The molecule has 3 aliphatic rings. The molecule has 3 saturated carbocycles. The van der Waals surface area contributed by atoms with Gasteiger partial charge >= 0.3 is 6.09 Å². The van der Waals surface area contributed by atoms with Gasteiger partial charge in [-0.25, -0.2) is 4.79 Å². The van der Waals surface area contributed by atoms with Crippen molar-refractivity contribution in [2.24, 2.45) is 39.7 Å². The molecule has 0 aromatic heterocycles. The fraction of sp³-hybridized carbons (Fsp3) is 0.810. The number of amides is 1. The van der Waals surface area contributed by atoms with Crippen molar-refractivity contribution in [3.05, 3.63) is 12.7 Å². The molecule has 3 rings (SSSR count). The molecule has 4 heteroatoms. The highest BCUT2D eigenvalue weighted by atomic mass is 16.6. The third-order valence-corrected chi connectivity index (χ3v) is 8.52. The smallest absolute Gasteiger partial charge is 0.404 e. The Balaban J connectivity index is 2.19. The second-order valence-corrected chi connectivity index (χ2v) is 9.32. The van der Waals surface area contributed by atoms with E-state index in [1.165, 1.54) is 0 Å². The minimum Gasteiger partial charge on any atom is -0.446 e. The molecule has 3 aliphatic carbocycles. The first kappa shape index (κ1) is 18.5. The molecule has 0 radical (unpaired) electrons. The van der Waals surface area contributed by atoms with Crippen molar-refractivity contribution in [3.8, 4) is 0 Å². The topological polar surface area (TPSA) is 69.4 Å². The number of hydrogen-bond donors (Lipinski definition) is 1. The van der Waals surface area contributed by atoms with Gasteiger partial charge in [0.1, 0.15) is 11.9 Å². The maximum absolute atomic E-state index is 13.5. The highest BCUT2D eigenvalue weighted by molar-refractivity contribution is 5.89. The van der Waals surface area contributed by atoms with Gasteiger partial charge in [-0.1, -0.05) is 33.3 Å². The maximum atomic E-state index is 13.5. The molecule has 140 valence electrons. The molecule has 2 unspecified atom stereocenters. The first-order valence-corrected chi connectivity index (χ1v) is 9.76. The summed E-state index contributed by atoms with van der Waals surface area (Å²) in [7, 11) is 0. The first-order chi connectivity index (χ1) is 11.6. The van der Waals surface area contributed by atoms with E-state index in [1.807, 2.05) is 6.92 Å². The fourth-order valence-electron chi connectivity index (χ4n) is 6.70. The molecular formula is C21H33NO3. The number of carbonyl (C=O) groups is 2.